The number of carbonyl (C=O) groups excluding carboxylic acids is 2. The summed E-state index contributed by atoms with van der Waals surface area (Å²) >= 11 is 5.81. The Kier molecular flexibility index (Phi) is 6.26. The van der Waals surface area contributed by atoms with Gasteiger partial charge < -0.3 is 16.0 Å². The monoisotopic (exact) mass is 317 g/mol. The number of amides is 2. The Morgan fingerprint density at radius 1 is 1.40 bits per heavy atom. The molecule has 0 spiro atoms. The summed E-state index contributed by atoms with van der Waals surface area (Å²) < 4.78 is 0. The Hall–Kier alpha value is -1.30. The smallest absolute Gasteiger partial charge is 0.249 e. The van der Waals surface area contributed by atoms with Gasteiger partial charge in [-0.3, -0.25) is 9.59 Å². The van der Waals surface area contributed by atoms with Crippen LogP contribution in [0.25, 0.3) is 0 Å². The second-order valence-electron chi connectivity index (χ2n) is 4.41. The average molecular weight is 318 g/mol. The van der Waals surface area contributed by atoms with Crippen LogP contribution in [0, 0.1) is 0 Å². The third kappa shape index (κ3) is 3.85. The van der Waals surface area contributed by atoms with Gasteiger partial charge in [0.05, 0.1) is 0 Å². The third-order valence-corrected chi connectivity index (χ3v) is 3.30. The van der Waals surface area contributed by atoms with Crippen molar-refractivity contribution in [2.45, 2.75) is 18.9 Å². The molecule has 1 heterocycles. The van der Waals surface area contributed by atoms with Crippen molar-refractivity contribution < 1.29 is 9.59 Å². The number of hydrogen-bond acceptors (Lipinski definition) is 3. The van der Waals surface area contributed by atoms with Crippen LogP contribution in [0.15, 0.2) is 24.3 Å². The molecule has 110 valence electrons. The van der Waals surface area contributed by atoms with Gasteiger partial charge in [0.1, 0.15) is 6.04 Å². The first-order chi connectivity index (χ1) is 9.11. The van der Waals surface area contributed by atoms with E-state index in [1.165, 1.54) is 0 Å². The average Bonchev–Trinajstić information content (AvgIpc) is 2.73. The van der Waals surface area contributed by atoms with Crippen LogP contribution in [0.1, 0.15) is 12.8 Å². The predicted molar refractivity (Wildman–Crippen MR) is 81.3 cm³/mol. The van der Waals surface area contributed by atoms with Gasteiger partial charge in [-0.1, -0.05) is 11.6 Å². The Balaban J connectivity index is 0.00000200. The lowest BCUT2D eigenvalue weighted by molar-refractivity contribution is -0.126. The topological polar surface area (TPSA) is 75.4 Å². The molecule has 0 saturated carbocycles. The maximum Gasteiger partial charge on any atom is 0.249 e. The summed E-state index contributed by atoms with van der Waals surface area (Å²) in [5.74, 6) is -0.272. The van der Waals surface area contributed by atoms with Gasteiger partial charge in [-0.25, -0.2) is 0 Å². The Morgan fingerprint density at radius 3 is 2.65 bits per heavy atom. The molecule has 1 atom stereocenters. The second kappa shape index (κ2) is 7.47. The highest BCUT2D eigenvalue weighted by molar-refractivity contribution is 6.30. The minimum absolute atomic E-state index is 0. The molecule has 0 aromatic heterocycles. The number of nitrogens with zero attached hydrogens (tertiary/aromatic N) is 1. The molecule has 0 aliphatic carbocycles. The lowest BCUT2D eigenvalue weighted by Crippen LogP contribution is -2.42. The Morgan fingerprint density at radius 2 is 2.05 bits per heavy atom. The van der Waals surface area contributed by atoms with Gasteiger partial charge in [0, 0.05) is 30.2 Å². The van der Waals surface area contributed by atoms with E-state index in [0.717, 1.165) is 5.69 Å². The van der Waals surface area contributed by atoms with E-state index in [-0.39, 0.29) is 37.2 Å². The molecule has 1 aliphatic rings. The molecular formula is C13H17Cl2N3O2. The van der Waals surface area contributed by atoms with Crippen LogP contribution in [0.4, 0.5) is 5.69 Å². The van der Waals surface area contributed by atoms with E-state index in [1.807, 2.05) is 0 Å². The number of carbonyl (C=O) groups is 2. The van der Waals surface area contributed by atoms with Gasteiger partial charge in [-0.05, 0) is 30.7 Å². The molecular weight excluding hydrogens is 301 g/mol. The van der Waals surface area contributed by atoms with Gasteiger partial charge >= 0.3 is 0 Å². The molecule has 2 rings (SSSR count). The van der Waals surface area contributed by atoms with Crippen LogP contribution >= 0.6 is 24.0 Å². The quantitative estimate of drug-likeness (QED) is 0.879. The van der Waals surface area contributed by atoms with Gasteiger partial charge in [0.2, 0.25) is 11.8 Å². The number of anilines is 1. The zero-order valence-corrected chi connectivity index (χ0v) is 12.4. The van der Waals surface area contributed by atoms with Crippen molar-refractivity contribution in [3.8, 4) is 0 Å². The van der Waals surface area contributed by atoms with E-state index in [0.29, 0.717) is 18.0 Å². The highest BCUT2D eigenvalue weighted by atomic mass is 35.5. The minimum atomic E-state index is -0.449. The number of benzene rings is 1. The van der Waals surface area contributed by atoms with E-state index in [1.54, 1.807) is 29.2 Å². The highest BCUT2D eigenvalue weighted by Crippen LogP contribution is 2.23. The van der Waals surface area contributed by atoms with E-state index in [9.17, 15) is 9.59 Å². The van der Waals surface area contributed by atoms with Gasteiger partial charge in [0.15, 0.2) is 0 Å². The molecule has 1 aromatic rings. The van der Waals surface area contributed by atoms with Crippen molar-refractivity contribution in [1.82, 2.24) is 5.32 Å². The van der Waals surface area contributed by atoms with Crippen LogP contribution in [-0.2, 0) is 9.59 Å². The summed E-state index contributed by atoms with van der Waals surface area (Å²) in [6.45, 7) is 0.877. The van der Waals surface area contributed by atoms with Crippen LogP contribution < -0.4 is 16.0 Å². The van der Waals surface area contributed by atoms with Crippen LogP contribution in [-0.4, -0.2) is 30.9 Å². The number of rotatable bonds is 4. The van der Waals surface area contributed by atoms with Crippen molar-refractivity contribution in [3.05, 3.63) is 29.3 Å². The Labute approximate surface area is 128 Å². The summed E-state index contributed by atoms with van der Waals surface area (Å²) in [6.07, 6.45) is 0.850. The van der Waals surface area contributed by atoms with Crippen molar-refractivity contribution in [2.24, 2.45) is 5.73 Å². The molecule has 3 N–H and O–H groups in total. The molecule has 5 nitrogen and oxygen atoms in total. The molecule has 0 bridgehead atoms. The molecule has 0 radical (unpaired) electrons. The first-order valence-electron chi connectivity index (χ1n) is 6.18. The third-order valence-electron chi connectivity index (χ3n) is 3.05. The maximum absolute atomic E-state index is 12.2. The van der Waals surface area contributed by atoms with E-state index < -0.39 is 6.04 Å². The number of nitrogens with two attached hydrogens (primary N) is 1. The van der Waals surface area contributed by atoms with Crippen LogP contribution in [0.5, 0.6) is 0 Å². The number of nitrogens with one attached hydrogen (secondary N) is 1. The van der Waals surface area contributed by atoms with Crippen molar-refractivity contribution in [3.63, 3.8) is 0 Å². The summed E-state index contributed by atoms with van der Waals surface area (Å²) in [5.41, 5.74) is 6.10. The number of halogens is 2. The fourth-order valence-corrected chi connectivity index (χ4v) is 2.21. The summed E-state index contributed by atoms with van der Waals surface area (Å²) in [5, 5.41) is 3.33. The fraction of sp³-hybridized carbons (Fsp3) is 0.385. The first kappa shape index (κ1) is 16.8. The standard InChI is InChI=1S/C13H16ClN3O2.ClH/c14-9-1-3-10(4-2-9)17-8-6-11(13(17)19)16-12(18)5-7-15;/h1-4,11H,5-8,15H2,(H,16,18);1H. The van der Waals surface area contributed by atoms with Gasteiger partial charge in [0.25, 0.3) is 0 Å². The lowest BCUT2D eigenvalue weighted by Gasteiger charge is -2.17. The molecule has 2 amide bonds. The maximum atomic E-state index is 12.2. The molecule has 20 heavy (non-hydrogen) atoms. The lowest BCUT2D eigenvalue weighted by atomic mass is 10.2. The van der Waals surface area contributed by atoms with Gasteiger partial charge in [-0.15, -0.1) is 12.4 Å². The van der Waals surface area contributed by atoms with Gasteiger partial charge in [-0.2, -0.15) is 0 Å². The summed E-state index contributed by atoms with van der Waals surface area (Å²) in [6, 6.07) is 6.62. The largest absolute Gasteiger partial charge is 0.344 e. The number of hydrogen-bond donors (Lipinski definition) is 2. The van der Waals surface area contributed by atoms with E-state index >= 15 is 0 Å². The van der Waals surface area contributed by atoms with Crippen LogP contribution in [0.2, 0.25) is 5.02 Å². The van der Waals surface area contributed by atoms with Crippen molar-refractivity contribution in [1.29, 1.82) is 0 Å². The molecule has 1 saturated heterocycles. The molecule has 1 fully saturated rings. The molecule has 1 aromatic carbocycles. The molecule has 1 unspecified atom stereocenters. The zero-order valence-electron chi connectivity index (χ0n) is 10.8. The predicted octanol–water partition coefficient (Wildman–Crippen LogP) is 1.33. The van der Waals surface area contributed by atoms with E-state index in [2.05, 4.69) is 5.32 Å². The fourth-order valence-electron chi connectivity index (χ4n) is 2.09. The second-order valence-corrected chi connectivity index (χ2v) is 4.85. The minimum Gasteiger partial charge on any atom is -0.344 e. The molecule has 1 aliphatic heterocycles. The normalized spacial score (nSPS) is 17.8. The highest BCUT2D eigenvalue weighted by Gasteiger charge is 2.33. The van der Waals surface area contributed by atoms with Crippen molar-refractivity contribution in [2.75, 3.05) is 18.0 Å². The van der Waals surface area contributed by atoms with E-state index in [4.69, 9.17) is 17.3 Å². The molecule has 7 heteroatoms. The Bertz CT molecular complexity index is 479. The van der Waals surface area contributed by atoms with Crippen LogP contribution in [0.3, 0.4) is 0 Å². The van der Waals surface area contributed by atoms with Crippen molar-refractivity contribution >= 4 is 41.5 Å². The first-order valence-corrected chi connectivity index (χ1v) is 6.56. The zero-order chi connectivity index (χ0) is 13.8. The SMILES string of the molecule is Cl.NCCC(=O)NC1CCN(c2ccc(Cl)cc2)C1=O. The summed E-state index contributed by atoms with van der Waals surface area (Å²) in [4.78, 5) is 25.3. The summed E-state index contributed by atoms with van der Waals surface area (Å²) in [7, 11) is 0.